The molecule has 1 aliphatic rings. The maximum atomic E-state index is 16.1. The van der Waals surface area contributed by atoms with Gasteiger partial charge in [0.2, 0.25) is 0 Å². The van der Waals surface area contributed by atoms with Crippen molar-refractivity contribution in [2.45, 2.75) is 36.8 Å². The van der Waals surface area contributed by atoms with E-state index in [-0.39, 0.29) is 6.61 Å². The van der Waals surface area contributed by atoms with Gasteiger partial charge in [0.05, 0.1) is 26.7 Å². The second-order valence-corrected chi connectivity index (χ2v) is 14.6. The van der Waals surface area contributed by atoms with E-state index >= 15 is 4.39 Å². The summed E-state index contributed by atoms with van der Waals surface area (Å²) in [4.78, 5) is 33.3. The third-order valence-corrected chi connectivity index (χ3v) is 9.63. The summed E-state index contributed by atoms with van der Waals surface area (Å²) in [5, 5.41) is 3.74. The third-order valence-electron chi connectivity index (χ3n) is 8.83. The number of aromatic nitrogens is 4. The molecule has 4 aromatic carbocycles. The molecule has 14 heteroatoms. The van der Waals surface area contributed by atoms with Crippen LogP contribution in [-0.4, -0.2) is 61.4 Å². The fraction of sp³-hybridized carbons (Fsp3) is 0.216. The van der Waals surface area contributed by atoms with Crippen molar-refractivity contribution in [3.63, 3.8) is 0 Å². The summed E-state index contributed by atoms with van der Waals surface area (Å²) < 4.78 is 40.3. The minimum absolute atomic E-state index is 0.0582. The maximum Gasteiger partial charge on any atom is 0.321 e. The molecular weight excluding hydrogens is 692 g/mol. The number of rotatable bonds is 13. The fourth-order valence-corrected chi connectivity index (χ4v) is 6.93. The van der Waals surface area contributed by atoms with Crippen LogP contribution in [0.25, 0.3) is 11.2 Å². The first-order chi connectivity index (χ1) is 24.8. The Bertz CT molecular complexity index is 2010. The minimum atomic E-state index is -4.07. The van der Waals surface area contributed by atoms with Gasteiger partial charge in [-0.2, -0.15) is 0 Å². The Balaban J connectivity index is 1.28. The van der Waals surface area contributed by atoms with E-state index in [1.807, 2.05) is 66.7 Å². The predicted molar refractivity (Wildman–Crippen MR) is 193 cm³/mol. The third kappa shape index (κ3) is 7.28. The summed E-state index contributed by atoms with van der Waals surface area (Å²) in [5.41, 5.74) is 3.57. The summed E-state index contributed by atoms with van der Waals surface area (Å²) in [6.07, 6.45) is -2.25. The highest BCUT2D eigenvalue weighted by Gasteiger charge is 2.48. The molecule has 3 heterocycles. The molecular formula is C37H35FN5O6PS. The van der Waals surface area contributed by atoms with Crippen LogP contribution >= 0.6 is 6.72 Å². The van der Waals surface area contributed by atoms with E-state index in [1.54, 1.807) is 23.8 Å². The average Bonchev–Trinajstić information content (AvgIpc) is 3.73. The summed E-state index contributed by atoms with van der Waals surface area (Å²) in [6, 6.07) is 37.4. The van der Waals surface area contributed by atoms with Crippen LogP contribution in [0.2, 0.25) is 0 Å². The van der Waals surface area contributed by atoms with Gasteiger partial charge in [0.25, 0.3) is 0 Å². The van der Waals surface area contributed by atoms with Gasteiger partial charge < -0.3 is 33.8 Å². The molecule has 51 heavy (non-hydrogen) atoms. The lowest BCUT2D eigenvalue weighted by molar-refractivity contribution is -0.0732. The Labute approximate surface area is 298 Å². The van der Waals surface area contributed by atoms with Gasteiger partial charge in [-0.1, -0.05) is 103 Å². The molecule has 1 fully saturated rings. The highest BCUT2D eigenvalue weighted by Crippen LogP contribution is 2.43. The average molecular weight is 728 g/mol. The number of nitrogens with zero attached hydrogens (tertiary/aromatic N) is 4. The number of ether oxygens (including phenoxy) is 3. The van der Waals surface area contributed by atoms with Gasteiger partial charge in [-0.3, -0.25) is 4.57 Å². The van der Waals surface area contributed by atoms with Crippen LogP contribution in [0, 0.1) is 0 Å². The Kier molecular flexibility index (Phi) is 10.2. The molecule has 1 aliphatic heterocycles. The zero-order valence-electron chi connectivity index (χ0n) is 27.4. The zero-order chi connectivity index (χ0) is 35.4. The lowest BCUT2D eigenvalue weighted by Crippen LogP contribution is -2.38. The molecule has 0 radical (unpaired) electrons. The fourth-order valence-electron chi connectivity index (χ4n) is 6.40. The van der Waals surface area contributed by atoms with E-state index in [0.717, 1.165) is 22.3 Å². The largest absolute Gasteiger partial charge is 0.497 e. The molecule has 7 rings (SSSR count). The molecule has 0 unspecified atom stereocenters. The van der Waals surface area contributed by atoms with Crippen molar-refractivity contribution < 1.29 is 32.9 Å². The van der Waals surface area contributed by atoms with E-state index in [4.69, 9.17) is 23.7 Å². The number of imidazole rings is 1. The van der Waals surface area contributed by atoms with Crippen molar-refractivity contribution in [2.75, 3.05) is 19.0 Å². The monoisotopic (exact) mass is 727 g/mol. The van der Waals surface area contributed by atoms with Gasteiger partial charge in [-0.05, 0) is 46.2 Å². The summed E-state index contributed by atoms with van der Waals surface area (Å²) in [7, 11) is 1.57. The molecule has 3 N–H and O–H groups in total. The van der Waals surface area contributed by atoms with Crippen LogP contribution in [-0.2, 0) is 38.0 Å². The molecule has 2 aromatic heterocycles. The molecule has 1 saturated heterocycles. The second-order valence-electron chi connectivity index (χ2n) is 11.9. The smallest absolute Gasteiger partial charge is 0.321 e. The Morgan fingerprint density at radius 2 is 1.45 bits per heavy atom. The minimum Gasteiger partial charge on any atom is -0.497 e. The summed E-state index contributed by atoms with van der Waals surface area (Å²) >= 11 is 4.60. The van der Waals surface area contributed by atoms with Gasteiger partial charge in [-0.25, -0.2) is 19.3 Å². The first-order valence-corrected chi connectivity index (χ1v) is 18.8. The number of benzene rings is 4. The van der Waals surface area contributed by atoms with Crippen LogP contribution < -0.4 is 10.1 Å². The van der Waals surface area contributed by atoms with Crippen LogP contribution in [0.1, 0.15) is 28.5 Å². The Morgan fingerprint density at radius 1 is 0.863 bits per heavy atom. The van der Waals surface area contributed by atoms with Crippen molar-refractivity contribution in [3.8, 4) is 5.75 Å². The first kappa shape index (κ1) is 34.8. The number of methoxy groups -OCH3 is 1. The molecule has 262 valence electrons. The molecule has 0 bridgehead atoms. The number of nitrogens with one attached hydrogen (secondary N) is 1. The molecule has 0 amide bonds. The standard InChI is InChI=1S/C37H35FN5O6PS/c1-46-29-19-17-25(18-20-29)21-47-33-31(38)30(22-48-50(44,45)51)49-36(33)43-24-41-32-34(39-23-40-35(32)43)42-37(26-11-5-2-6-12-26,27-13-7-3-8-14-27)28-15-9-4-10-16-28/h2-20,23-24,30-31,33,36H,21-22H2,1H3,(H,39,40,42)(H2,44,45,51)/t30-,31-,33-,36-/m1/s1. The highest BCUT2D eigenvalue weighted by atomic mass is 32.5. The normalized spacial score (nSPS) is 19.3. The molecule has 0 saturated carbocycles. The molecule has 0 spiro atoms. The molecule has 0 aliphatic carbocycles. The van der Waals surface area contributed by atoms with Crippen LogP contribution in [0.5, 0.6) is 5.75 Å². The van der Waals surface area contributed by atoms with Gasteiger partial charge in [0.1, 0.15) is 29.8 Å². The van der Waals surface area contributed by atoms with E-state index in [2.05, 4.69) is 63.5 Å². The van der Waals surface area contributed by atoms with Gasteiger partial charge in [0.15, 0.2) is 29.4 Å². The van der Waals surface area contributed by atoms with Crippen LogP contribution in [0.4, 0.5) is 10.2 Å². The molecule has 6 aromatic rings. The SMILES string of the molecule is COc1ccc(CO[C@@H]2[C@H](F)[C@@H](COP(O)(O)=S)O[C@H]2n2cnc3c(NC(c4ccccc4)(c4ccccc4)c4ccccc4)ncnc32)cc1. The van der Waals surface area contributed by atoms with Crippen molar-refractivity contribution in [3.05, 3.63) is 150 Å². The van der Waals surface area contributed by atoms with Crippen molar-refractivity contribution in [1.82, 2.24) is 19.5 Å². The number of halogens is 1. The molecule has 4 atom stereocenters. The highest BCUT2D eigenvalue weighted by molar-refractivity contribution is 8.06. The van der Waals surface area contributed by atoms with E-state index in [1.165, 1.54) is 12.7 Å². The van der Waals surface area contributed by atoms with Crippen LogP contribution in [0.15, 0.2) is 128 Å². The number of fused-ring (bicyclic) bond motifs is 1. The first-order valence-electron chi connectivity index (χ1n) is 16.1. The Hall–Kier alpha value is -4.59. The number of anilines is 1. The number of alkyl halides is 1. The lowest BCUT2D eigenvalue weighted by atomic mass is 9.77. The lowest BCUT2D eigenvalue weighted by Gasteiger charge is -2.37. The van der Waals surface area contributed by atoms with Gasteiger partial charge in [0, 0.05) is 0 Å². The summed E-state index contributed by atoms with van der Waals surface area (Å²) in [5.74, 6) is 1.11. The molecule has 11 nitrogen and oxygen atoms in total. The Morgan fingerprint density at radius 3 is 2.00 bits per heavy atom. The zero-order valence-corrected chi connectivity index (χ0v) is 29.1. The second kappa shape index (κ2) is 14.9. The number of hydrogen-bond acceptors (Lipinski definition) is 9. The van der Waals surface area contributed by atoms with Crippen LogP contribution in [0.3, 0.4) is 0 Å². The van der Waals surface area contributed by atoms with Crippen molar-refractivity contribution in [1.29, 1.82) is 0 Å². The predicted octanol–water partition coefficient (Wildman–Crippen LogP) is 6.29. The maximum absolute atomic E-state index is 16.1. The van der Waals surface area contributed by atoms with Crippen molar-refractivity contribution >= 4 is 35.5 Å². The van der Waals surface area contributed by atoms with E-state index in [0.29, 0.717) is 22.7 Å². The van der Waals surface area contributed by atoms with E-state index in [9.17, 15) is 9.79 Å². The van der Waals surface area contributed by atoms with Gasteiger partial charge >= 0.3 is 6.72 Å². The van der Waals surface area contributed by atoms with E-state index < -0.39 is 43.5 Å². The quantitative estimate of drug-likeness (QED) is 0.0917. The number of hydrogen-bond donors (Lipinski definition) is 3. The topological polar surface area (TPSA) is 133 Å². The van der Waals surface area contributed by atoms with Gasteiger partial charge in [-0.15, -0.1) is 0 Å². The summed E-state index contributed by atoms with van der Waals surface area (Å²) in [6.45, 7) is -4.51. The van der Waals surface area contributed by atoms with Crippen molar-refractivity contribution in [2.24, 2.45) is 0 Å².